The minimum Gasteiger partial charge on any atom is -0.496 e. The first kappa shape index (κ1) is 24.8. The molecule has 0 saturated carbocycles. The van der Waals surface area contributed by atoms with Crippen LogP contribution in [0.3, 0.4) is 0 Å². The average Bonchev–Trinajstić information content (AvgIpc) is 2.83. The quantitative estimate of drug-likeness (QED) is 0.569. The van der Waals surface area contributed by atoms with Crippen molar-refractivity contribution in [3.05, 3.63) is 70.6 Å². The van der Waals surface area contributed by atoms with Crippen molar-refractivity contribution >= 4 is 33.3 Å². The van der Waals surface area contributed by atoms with Gasteiger partial charge in [0.1, 0.15) is 5.75 Å². The molecule has 1 aliphatic heterocycles. The molecule has 0 radical (unpaired) electrons. The van der Waals surface area contributed by atoms with Crippen molar-refractivity contribution in [2.75, 3.05) is 26.7 Å². The molecule has 1 N–H and O–H groups in total. The van der Waals surface area contributed by atoms with Gasteiger partial charge in [-0.05, 0) is 49.6 Å². The van der Waals surface area contributed by atoms with Gasteiger partial charge in [0.25, 0.3) is 5.91 Å². The second-order valence-corrected chi connectivity index (χ2v) is 10.0. The number of nitrogens with zero attached hydrogens (tertiary/aromatic N) is 1. The summed E-state index contributed by atoms with van der Waals surface area (Å²) in [5.41, 5.74) is 0.371. The Bertz CT molecular complexity index is 1120. The standard InChI is InChI=1S/C24H27ClN2O5S/c1-32-22-12-11-19(25)16-21(22)24(29)27-14-7-8-18(17-27)23(28)26-13-5-6-15-33(30,31)20-9-3-2-4-10-20/h2-4,6,9-12,15-16,18H,5,7-8,13-14,17H2,1H3,(H,26,28)/b15-6+/t18-/m0/s1. The van der Waals surface area contributed by atoms with Crippen LogP contribution in [0.4, 0.5) is 0 Å². The molecule has 0 unspecified atom stereocenters. The highest BCUT2D eigenvalue weighted by atomic mass is 35.5. The van der Waals surface area contributed by atoms with E-state index in [1.165, 1.54) is 25.3 Å². The second-order valence-electron chi connectivity index (χ2n) is 7.74. The van der Waals surface area contributed by atoms with Crippen LogP contribution >= 0.6 is 11.6 Å². The van der Waals surface area contributed by atoms with Crippen LogP contribution in [-0.4, -0.2) is 51.9 Å². The lowest BCUT2D eigenvalue weighted by atomic mass is 9.96. The lowest BCUT2D eigenvalue weighted by Crippen LogP contribution is -2.45. The van der Waals surface area contributed by atoms with E-state index in [-0.39, 0.29) is 22.6 Å². The summed E-state index contributed by atoms with van der Waals surface area (Å²) in [6.45, 7) is 1.17. The Morgan fingerprint density at radius 1 is 1.21 bits per heavy atom. The number of hydrogen-bond donors (Lipinski definition) is 1. The minimum absolute atomic E-state index is 0.148. The predicted molar refractivity (Wildman–Crippen MR) is 127 cm³/mol. The van der Waals surface area contributed by atoms with Crippen LogP contribution in [0.15, 0.2) is 64.9 Å². The molecule has 3 rings (SSSR count). The van der Waals surface area contributed by atoms with Crippen molar-refractivity contribution in [3.8, 4) is 5.75 Å². The monoisotopic (exact) mass is 490 g/mol. The summed E-state index contributed by atoms with van der Waals surface area (Å²) < 4.78 is 29.7. The van der Waals surface area contributed by atoms with Crippen molar-refractivity contribution in [3.63, 3.8) is 0 Å². The summed E-state index contributed by atoms with van der Waals surface area (Å²) in [4.78, 5) is 27.5. The zero-order valence-electron chi connectivity index (χ0n) is 18.4. The van der Waals surface area contributed by atoms with E-state index < -0.39 is 9.84 Å². The third-order valence-corrected chi connectivity index (χ3v) is 7.14. The number of ether oxygens (including phenoxy) is 1. The minimum atomic E-state index is -3.49. The third kappa shape index (κ3) is 6.58. The van der Waals surface area contributed by atoms with Gasteiger partial charge in [-0.15, -0.1) is 0 Å². The van der Waals surface area contributed by atoms with E-state index in [1.54, 1.807) is 41.3 Å². The number of methoxy groups -OCH3 is 1. The Hall–Kier alpha value is -2.84. The van der Waals surface area contributed by atoms with E-state index in [0.717, 1.165) is 5.41 Å². The predicted octanol–water partition coefficient (Wildman–Crippen LogP) is 3.69. The fourth-order valence-corrected chi connectivity index (χ4v) is 4.95. The van der Waals surface area contributed by atoms with Gasteiger partial charge in [-0.1, -0.05) is 35.9 Å². The van der Waals surface area contributed by atoms with Crippen molar-refractivity contribution < 1.29 is 22.7 Å². The average molecular weight is 491 g/mol. The maximum absolute atomic E-state index is 13.0. The molecular formula is C24H27ClN2O5S. The molecule has 2 aromatic rings. The van der Waals surface area contributed by atoms with Crippen LogP contribution in [0.5, 0.6) is 5.75 Å². The molecule has 176 valence electrons. The molecule has 33 heavy (non-hydrogen) atoms. The van der Waals surface area contributed by atoms with E-state index in [9.17, 15) is 18.0 Å². The van der Waals surface area contributed by atoms with Gasteiger partial charge >= 0.3 is 0 Å². The van der Waals surface area contributed by atoms with E-state index >= 15 is 0 Å². The first-order valence-corrected chi connectivity index (χ1v) is 12.6. The number of likely N-dealkylation sites (tertiary alicyclic amines) is 1. The van der Waals surface area contributed by atoms with E-state index in [2.05, 4.69) is 5.32 Å². The highest BCUT2D eigenvalue weighted by Gasteiger charge is 2.30. The fourth-order valence-electron chi connectivity index (χ4n) is 3.70. The number of amides is 2. The number of halogens is 1. The SMILES string of the molecule is COc1ccc(Cl)cc1C(=O)N1CCC[C@H](C(=O)NCC/C=C/S(=O)(=O)c2ccccc2)C1. The molecule has 7 nitrogen and oxygen atoms in total. The molecule has 0 aliphatic carbocycles. The zero-order valence-corrected chi connectivity index (χ0v) is 19.9. The lowest BCUT2D eigenvalue weighted by molar-refractivity contribution is -0.126. The number of carbonyl (C=O) groups excluding carboxylic acids is 2. The number of carbonyl (C=O) groups is 2. The first-order valence-electron chi connectivity index (χ1n) is 10.7. The number of piperidine rings is 1. The molecule has 1 fully saturated rings. The summed E-state index contributed by atoms with van der Waals surface area (Å²) >= 11 is 6.05. The van der Waals surface area contributed by atoms with Crippen molar-refractivity contribution in [2.24, 2.45) is 5.92 Å². The molecule has 2 aromatic carbocycles. The van der Waals surface area contributed by atoms with E-state index in [0.29, 0.717) is 55.2 Å². The van der Waals surface area contributed by atoms with Gasteiger partial charge in [0.05, 0.1) is 23.5 Å². The number of rotatable bonds is 8. The second kappa shape index (κ2) is 11.3. The Kier molecular flexibility index (Phi) is 8.52. The topological polar surface area (TPSA) is 92.8 Å². The van der Waals surface area contributed by atoms with Crippen molar-refractivity contribution in [1.82, 2.24) is 10.2 Å². The molecule has 0 spiro atoms. The summed E-state index contributed by atoms with van der Waals surface area (Å²) in [6.07, 6.45) is 3.31. The summed E-state index contributed by atoms with van der Waals surface area (Å²) in [5, 5.41) is 4.44. The van der Waals surface area contributed by atoms with Gasteiger partial charge in [-0.25, -0.2) is 8.42 Å². The molecule has 1 saturated heterocycles. The van der Waals surface area contributed by atoms with Crippen molar-refractivity contribution in [1.29, 1.82) is 0 Å². The van der Waals surface area contributed by atoms with Gasteiger partial charge in [-0.3, -0.25) is 9.59 Å². The Balaban J connectivity index is 1.52. The van der Waals surface area contributed by atoms with E-state index in [4.69, 9.17) is 16.3 Å². The van der Waals surface area contributed by atoms with Gasteiger partial charge < -0.3 is 15.0 Å². The molecule has 9 heteroatoms. The first-order chi connectivity index (χ1) is 15.8. The highest BCUT2D eigenvalue weighted by Crippen LogP contribution is 2.26. The molecular weight excluding hydrogens is 464 g/mol. The Morgan fingerprint density at radius 2 is 1.97 bits per heavy atom. The van der Waals surface area contributed by atoms with Gasteiger partial charge in [-0.2, -0.15) is 0 Å². The van der Waals surface area contributed by atoms with Gasteiger partial charge in [0.15, 0.2) is 9.84 Å². The van der Waals surface area contributed by atoms with Crippen LogP contribution < -0.4 is 10.1 Å². The van der Waals surface area contributed by atoms with Crippen molar-refractivity contribution in [2.45, 2.75) is 24.2 Å². The van der Waals surface area contributed by atoms with Gasteiger partial charge in [0.2, 0.25) is 5.91 Å². The molecule has 0 aromatic heterocycles. The summed E-state index contributed by atoms with van der Waals surface area (Å²) in [5.74, 6) is -0.260. The van der Waals surface area contributed by atoms with Crippen LogP contribution in [0.25, 0.3) is 0 Å². The molecule has 1 heterocycles. The largest absolute Gasteiger partial charge is 0.496 e. The molecule has 1 atom stereocenters. The third-order valence-electron chi connectivity index (χ3n) is 5.43. The molecule has 0 bridgehead atoms. The summed E-state index contributed by atoms with van der Waals surface area (Å²) in [6, 6.07) is 13.0. The van der Waals surface area contributed by atoms with Crippen LogP contribution in [0.2, 0.25) is 5.02 Å². The summed E-state index contributed by atoms with van der Waals surface area (Å²) in [7, 11) is -2.00. The number of benzene rings is 2. The Labute approximate surface area is 199 Å². The smallest absolute Gasteiger partial charge is 0.257 e. The number of sulfone groups is 1. The molecule has 2 amide bonds. The van der Waals surface area contributed by atoms with E-state index in [1.807, 2.05) is 0 Å². The zero-order chi connectivity index (χ0) is 23.8. The van der Waals surface area contributed by atoms with Crippen LogP contribution in [0.1, 0.15) is 29.6 Å². The number of nitrogens with one attached hydrogen (secondary N) is 1. The maximum atomic E-state index is 13.0. The normalized spacial score (nSPS) is 16.5. The maximum Gasteiger partial charge on any atom is 0.257 e. The molecule has 1 aliphatic rings. The number of hydrogen-bond acceptors (Lipinski definition) is 5. The highest BCUT2D eigenvalue weighted by molar-refractivity contribution is 7.94. The Morgan fingerprint density at radius 3 is 2.70 bits per heavy atom. The van der Waals surface area contributed by atoms with Crippen LogP contribution in [-0.2, 0) is 14.6 Å². The lowest BCUT2D eigenvalue weighted by Gasteiger charge is -2.32. The van der Waals surface area contributed by atoms with Crippen LogP contribution in [0, 0.1) is 5.92 Å². The van der Waals surface area contributed by atoms with Gasteiger partial charge in [0, 0.05) is 30.1 Å². The fraction of sp³-hybridized carbons (Fsp3) is 0.333.